The first kappa shape index (κ1) is 29.7. The van der Waals surface area contributed by atoms with Gasteiger partial charge in [-0.15, -0.1) is 0 Å². The Kier molecular flexibility index (Phi) is 8.27. The van der Waals surface area contributed by atoms with E-state index in [1.165, 1.54) is 42.7 Å². The van der Waals surface area contributed by atoms with Crippen LogP contribution in [0.4, 0.5) is 0 Å². The summed E-state index contributed by atoms with van der Waals surface area (Å²) in [4.78, 5) is 26.1. The highest BCUT2D eigenvalue weighted by molar-refractivity contribution is 6.20. The number of phenolic OH excluding ortho intramolecular Hbond substituents is 2. The van der Waals surface area contributed by atoms with Crippen molar-refractivity contribution in [2.24, 2.45) is 0 Å². The Morgan fingerprint density at radius 1 is 0.476 bits per heavy atom. The van der Waals surface area contributed by atoms with Crippen molar-refractivity contribution >= 4 is 33.5 Å². The van der Waals surface area contributed by atoms with Crippen molar-refractivity contribution in [3.05, 3.63) is 35.4 Å². The van der Waals surface area contributed by atoms with E-state index in [-0.39, 0.29) is 56.0 Å². The zero-order chi connectivity index (χ0) is 30.9. The Morgan fingerprint density at radius 2 is 0.762 bits per heavy atom. The van der Waals surface area contributed by atoms with Gasteiger partial charge in [0.25, 0.3) is 0 Å². The van der Waals surface area contributed by atoms with E-state index in [2.05, 4.69) is 0 Å². The summed E-state index contributed by atoms with van der Waals surface area (Å²) in [7, 11) is 10.7. The first-order valence-electron chi connectivity index (χ1n) is 12.3. The fraction of sp³-hybridized carbons (Fsp3) is 0.267. The van der Waals surface area contributed by atoms with Gasteiger partial charge in [-0.25, -0.2) is 9.59 Å². The summed E-state index contributed by atoms with van der Waals surface area (Å²) in [5.41, 5.74) is -0.791. The maximum absolute atomic E-state index is 13.1. The summed E-state index contributed by atoms with van der Waals surface area (Å²) in [5, 5.41) is 24.7. The van der Waals surface area contributed by atoms with Crippen molar-refractivity contribution in [1.29, 1.82) is 0 Å². The number of aromatic hydroxyl groups is 2. The summed E-state index contributed by atoms with van der Waals surface area (Å²) < 4.78 is 43.1. The molecule has 0 saturated carbocycles. The number of hydrogen-bond acceptors (Lipinski definition) is 12. The first-order chi connectivity index (χ1) is 20.2. The number of hydrogen-bond donors (Lipinski definition) is 2. The van der Waals surface area contributed by atoms with E-state index >= 15 is 0 Å². The minimum Gasteiger partial charge on any atom is -0.506 e. The molecule has 0 aliphatic rings. The second kappa shape index (κ2) is 11.7. The number of methoxy groups -OCH3 is 8. The van der Waals surface area contributed by atoms with Gasteiger partial charge in [0, 0.05) is 32.7 Å². The molecule has 2 N–H and O–H groups in total. The molecule has 0 saturated heterocycles. The number of ether oxygens (including phenoxy) is 8. The van der Waals surface area contributed by atoms with E-state index in [0.29, 0.717) is 22.3 Å². The lowest BCUT2D eigenvalue weighted by molar-refractivity contribution is 0.0584. The van der Waals surface area contributed by atoms with E-state index < -0.39 is 23.4 Å². The third-order valence-electron chi connectivity index (χ3n) is 6.91. The molecule has 222 valence electrons. The minimum atomic E-state index is -0.924. The fourth-order valence-corrected chi connectivity index (χ4v) is 5.05. The molecule has 12 heteroatoms. The third kappa shape index (κ3) is 4.41. The lowest BCUT2D eigenvalue weighted by Gasteiger charge is -2.23. The van der Waals surface area contributed by atoms with Crippen LogP contribution in [0.15, 0.2) is 24.3 Å². The van der Waals surface area contributed by atoms with E-state index in [0.717, 1.165) is 14.2 Å². The van der Waals surface area contributed by atoms with Crippen molar-refractivity contribution in [3.63, 3.8) is 0 Å². The van der Waals surface area contributed by atoms with Crippen molar-refractivity contribution in [2.75, 3.05) is 56.9 Å². The molecule has 4 aromatic rings. The maximum atomic E-state index is 13.1. The highest BCUT2D eigenvalue weighted by Crippen LogP contribution is 2.55. The number of carbonyl (C=O) groups is 2. The molecular weight excluding hydrogens is 552 g/mol. The molecule has 0 spiro atoms. The van der Waals surface area contributed by atoms with Crippen LogP contribution in [0.3, 0.4) is 0 Å². The standard InChI is InChI=1S/C30H30O12/c1-35-17-9-13-15(11-19(17)37-3)27(39-5)23(29(33)41-7)25(31)21(13)22-14-10-18(36-2)20(38-4)12-16(14)28(40-6)24(26(22)32)30(34)42-8/h9-12,31-32H,1-8H3. The summed E-state index contributed by atoms with van der Waals surface area (Å²) >= 11 is 0. The number of phenols is 2. The highest BCUT2D eigenvalue weighted by atomic mass is 16.5. The predicted molar refractivity (Wildman–Crippen MR) is 152 cm³/mol. The van der Waals surface area contributed by atoms with E-state index in [1.807, 2.05) is 0 Å². The molecule has 0 aliphatic heterocycles. The summed E-state index contributed by atoms with van der Waals surface area (Å²) in [6, 6.07) is 6.19. The molecule has 0 bridgehead atoms. The van der Waals surface area contributed by atoms with E-state index in [9.17, 15) is 19.8 Å². The van der Waals surface area contributed by atoms with Crippen LogP contribution >= 0.6 is 0 Å². The summed E-state index contributed by atoms with van der Waals surface area (Å²) in [6.07, 6.45) is 0. The average Bonchev–Trinajstić information content (AvgIpc) is 3.02. The number of carbonyl (C=O) groups excluding carboxylic acids is 2. The van der Waals surface area contributed by atoms with Gasteiger partial charge in [0.1, 0.15) is 34.1 Å². The monoisotopic (exact) mass is 582 g/mol. The topological polar surface area (TPSA) is 148 Å². The quantitative estimate of drug-likeness (QED) is 0.264. The Labute approximate surface area is 240 Å². The SMILES string of the molecule is COC(=O)c1c(O)c(-c2c(O)c(C(=O)OC)c(OC)c3cc(OC)c(OC)cc23)c2cc(OC)c(OC)cc2c1OC. The van der Waals surface area contributed by atoms with Crippen LogP contribution in [-0.4, -0.2) is 79.0 Å². The Morgan fingerprint density at radius 3 is 1.00 bits per heavy atom. The smallest absolute Gasteiger partial charge is 0.345 e. The lowest BCUT2D eigenvalue weighted by Crippen LogP contribution is -2.09. The van der Waals surface area contributed by atoms with Crippen molar-refractivity contribution < 1.29 is 57.7 Å². The van der Waals surface area contributed by atoms with Gasteiger partial charge in [-0.2, -0.15) is 0 Å². The van der Waals surface area contributed by atoms with Gasteiger partial charge in [0.05, 0.1) is 56.9 Å². The molecule has 0 heterocycles. The van der Waals surface area contributed by atoms with Gasteiger partial charge in [0.2, 0.25) is 0 Å². The molecule has 0 aliphatic carbocycles. The average molecular weight is 583 g/mol. The number of benzene rings is 4. The molecular formula is C30H30O12. The van der Waals surface area contributed by atoms with Gasteiger partial charge < -0.3 is 48.1 Å². The van der Waals surface area contributed by atoms with Gasteiger partial charge in [-0.1, -0.05) is 0 Å². The maximum Gasteiger partial charge on any atom is 0.345 e. The van der Waals surface area contributed by atoms with Crippen LogP contribution in [0, 0.1) is 0 Å². The zero-order valence-electron chi connectivity index (χ0n) is 24.3. The largest absolute Gasteiger partial charge is 0.506 e. The van der Waals surface area contributed by atoms with Crippen LogP contribution < -0.4 is 28.4 Å². The number of esters is 2. The van der Waals surface area contributed by atoms with Crippen molar-refractivity contribution in [2.45, 2.75) is 0 Å². The van der Waals surface area contributed by atoms with Gasteiger partial charge in [0.15, 0.2) is 23.0 Å². The van der Waals surface area contributed by atoms with Crippen LogP contribution in [0.1, 0.15) is 20.7 Å². The molecule has 0 aromatic heterocycles. The molecule has 0 fully saturated rings. The molecule has 0 unspecified atom stereocenters. The molecule has 4 aromatic carbocycles. The molecule has 12 nitrogen and oxygen atoms in total. The summed E-state index contributed by atoms with van der Waals surface area (Å²) in [6.45, 7) is 0. The van der Waals surface area contributed by atoms with Crippen LogP contribution in [0.2, 0.25) is 0 Å². The Bertz CT molecular complexity index is 1600. The van der Waals surface area contributed by atoms with Crippen LogP contribution in [0.25, 0.3) is 32.7 Å². The van der Waals surface area contributed by atoms with Crippen molar-refractivity contribution in [3.8, 4) is 57.1 Å². The van der Waals surface area contributed by atoms with Gasteiger partial charge in [-0.05, 0) is 24.3 Å². The third-order valence-corrected chi connectivity index (χ3v) is 6.91. The Hall–Kier alpha value is -5.26. The molecule has 42 heavy (non-hydrogen) atoms. The number of rotatable bonds is 9. The van der Waals surface area contributed by atoms with Gasteiger partial charge >= 0.3 is 11.9 Å². The summed E-state index contributed by atoms with van der Waals surface area (Å²) in [5.74, 6) is -1.99. The lowest BCUT2D eigenvalue weighted by atomic mass is 9.87. The Balaban J connectivity index is 2.42. The second-order valence-electron chi connectivity index (χ2n) is 8.75. The normalized spacial score (nSPS) is 10.8. The van der Waals surface area contributed by atoms with Gasteiger partial charge in [-0.3, -0.25) is 0 Å². The number of fused-ring (bicyclic) bond motifs is 2. The van der Waals surface area contributed by atoms with E-state index in [1.54, 1.807) is 24.3 Å². The van der Waals surface area contributed by atoms with Crippen LogP contribution in [-0.2, 0) is 9.47 Å². The molecule has 0 amide bonds. The molecule has 0 atom stereocenters. The zero-order valence-corrected chi connectivity index (χ0v) is 24.3. The highest BCUT2D eigenvalue weighted by Gasteiger charge is 2.34. The van der Waals surface area contributed by atoms with Crippen LogP contribution in [0.5, 0.6) is 46.0 Å². The molecule has 0 radical (unpaired) electrons. The molecule has 4 rings (SSSR count). The second-order valence-corrected chi connectivity index (χ2v) is 8.75. The van der Waals surface area contributed by atoms with E-state index in [4.69, 9.17) is 37.9 Å². The first-order valence-corrected chi connectivity index (χ1v) is 12.3. The minimum absolute atomic E-state index is 0.0243. The predicted octanol–water partition coefficient (Wildman–Crippen LogP) is 4.70. The fourth-order valence-electron chi connectivity index (χ4n) is 5.05. The van der Waals surface area contributed by atoms with Crippen molar-refractivity contribution in [1.82, 2.24) is 0 Å².